The molecule has 0 radical (unpaired) electrons. The Morgan fingerprint density at radius 3 is 2.79 bits per heavy atom. The number of rotatable bonds is 4. The van der Waals surface area contributed by atoms with Crippen LogP contribution in [0.5, 0.6) is 0 Å². The van der Waals surface area contributed by atoms with Crippen molar-refractivity contribution in [2.24, 2.45) is 0 Å². The Bertz CT molecular complexity index is 914. The molecule has 3 rings (SSSR count). The number of aryl methyl sites for hydroxylation is 1. The van der Waals surface area contributed by atoms with E-state index in [2.05, 4.69) is 10.3 Å². The highest BCUT2D eigenvalue weighted by Gasteiger charge is 2.16. The molecule has 0 saturated carbocycles. The van der Waals surface area contributed by atoms with E-state index in [0.29, 0.717) is 16.8 Å². The van der Waals surface area contributed by atoms with Gasteiger partial charge in [-0.1, -0.05) is 18.2 Å². The summed E-state index contributed by atoms with van der Waals surface area (Å²) in [6, 6.07) is 10.6. The largest absolute Gasteiger partial charge is 0.452 e. The summed E-state index contributed by atoms with van der Waals surface area (Å²) in [4.78, 5) is 28.1. The van der Waals surface area contributed by atoms with Crippen molar-refractivity contribution in [2.75, 3.05) is 11.9 Å². The van der Waals surface area contributed by atoms with Crippen molar-refractivity contribution in [3.8, 4) is 0 Å². The Morgan fingerprint density at radius 2 is 1.96 bits per heavy atom. The van der Waals surface area contributed by atoms with Gasteiger partial charge in [-0.25, -0.2) is 9.78 Å². The number of ether oxygens (including phenoxy) is 1. The van der Waals surface area contributed by atoms with Gasteiger partial charge in [0.1, 0.15) is 5.52 Å². The fourth-order valence-corrected chi connectivity index (χ4v) is 2.33. The first kappa shape index (κ1) is 15.7. The average molecular weight is 324 g/mol. The molecule has 6 nitrogen and oxygen atoms in total. The SMILES string of the molecule is Cc1cccc(NC(=O)COC(=O)c2cccc3ocnc23)c1C. The van der Waals surface area contributed by atoms with Crippen molar-refractivity contribution in [3.63, 3.8) is 0 Å². The third-order valence-electron chi connectivity index (χ3n) is 3.79. The second kappa shape index (κ2) is 6.54. The van der Waals surface area contributed by atoms with Crippen molar-refractivity contribution in [3.05, 3.63) is 59.5 Å². The van der Waals surface area contributed by atoms with Crippen molar-refractivity contribution >= 4 is 28.7 Å². The number of nitrogens with one attached hydrogen (secondary N) is 1. The molecule has 0 aliphatic rings. The zero-order valence-electron chi connectivity index (χ0n) is 13.3. The van der Waals surface area contributed by atoms with E-state index >= 15 is 0 Å². The van der Waals surface area contributed by atoms with Crippen LogP contribution in [0.2, 0.25) is 0 Å². The minimum absolute atomic E-state index is 0.265. The highest BCUT2D eigenvalue weighted by molar-refractivity contribution is 6.02. The van der Waals surface area contributed by atoms with Gasteiger partial charge in [0.2, 0.25) is 0 Å². The van der Waals surface area contributed by atoms with E-state index in [4.69, 9.17) is 9.15 Å². The molecule has 0 saturated heterocycles. The van der Waals surface area contributed by atoms with E-state index in [1.807, 2.05) is 26.0 Å². The summed E-state index contributed by atoms with van der Waals surface area (Å²) in [6.45, 7) is 3.51. The van der Waals surface area contributed by atoms with E-state index in [-0.39, 0.29) is 12.2 Å². The lowest BCUT2D eigenvalue weighted by atomic mass is 10.1. The van der Waals surface area contributed by atoms with Crippen LogP contribution in [0.3, 0.4) is 0 Å². The second-order valence-electron chi connectivity index (χ2n) is 5.38. The lowest BCUT2D eigenvalue weighted by Gasteiger charge is -2.10. The third kappa shape index (κ3) is 3.12. The molecule has 0 spiro atoms. The first-order valence-electron chi connectivity index (χ1n) is 7.41. The topological polar surface area (TPSA) is 81.4 Å². The van der Waals surface area contributed by atoms with Gasteiger partial charge in [-0.3, -0.25) is 4.79 Å². The van der Waals surface area contributed by atoms with Crippen LogP contribution in [0.15, 0.2) is 47.2 Å². The molecular formula is C18H16N2O4. The number of anilines is 1. The summed E-state index contributed by atoms with van der Waals surface area (Å²) in [5, 5.41) is 2.74. The van der Waals surface area contributed by atoms with E-state index in [1.165, 1.54) is 6.39 Å². The van der Waals surface area contributed by atoms with Gasteiger partial charge in [0.05, 0.1) is 5.56 Å². The van der Waals surface area contributed by atoms with E-state index in [0.717, 1.165) is 11.1 Å². The van der Waals surface area contributed by atoms with Crippen LogP contribution in [0.25, 0.3) is 11.1 Å². The Morgan fingerprint density at radius 1 is 1.17 bits per heavy atom. The number of oxazole rings is 1. The molecule has 0 aliphatic heterocycles. The number of hydrogen-bond acceptors (Lipinski definition) is 5. The first-order valence-corrected chi connectivity index (χ1v) is 7.41. The van der Waals surface area contributed by atoms with Gasteiger partial charge in [0.15, 0.2) is 18.6 Å². The fraction of sp³-hybridized carbons (Fsp3) is 0.167. The summed E-state index contributed by atoms with van der Waals surface area (Å²) in [7, 11) is 0. The third-order valence-corrected chi connectivity index (χ3v) is 3.79. The molecule has 6 heteroatoms. The molecule has 0 unspecified atom stereocenters. The Hall–Kier alpha value is -3.15. The number of fused-ring (bicyclic) bond motifs is 1. The zero-order valence-corrected chi connectivity index (χ0v) is 13.3. The number of esters is 1. The molecule has 1 N–H and O–H groups in total. The van der Waals surface area contributed by atoms with Crippen LogP contribution in [-0.2, 0) is 9.53 Å². The van der Waals surface area contributed by atoms with Crippen LogP contribution < -0.4 is 5.32 Å². The summed E-state index contributed by atoms with van der Waals surface area (Å²) >= 11 is 0. The Balaban J connectivity index is 1.65. The molecule has 3 aromatic rings. The quantitative estimate of drug-likeness (QED) is 0.745. The summed E-state index contributed by atoms with van der Waals surface area (Å²) in [5.41, 5.74) is 3.92. The van der Waals surface area contributed by atoms with Gasteiger partial charge in [-0.2, -0.15) is 0 Å². The Kier molecular flexibility index (Phi) is 4.29. The second-order valence-corrected chi connectivity index (χ2v) is 5.38. The molecule has 0 fully saturated rings. The number of benzene rings is 2. The number of carbonyl (C=O) groups is 2. The van der Waals surface area contributed by atoms with Gasteiger partial charge in [0.25, 0.3) is 5.91 Å². The van der Waals surface area contributed by atoms with Crippen LogP contribution in [0.1, 0.15) is 21.5 Å². The lowest BCUT2D eigenvalue weighted by Crippen LogP contribution is -2.21. The molecule has 122 valence electrons. The molecular weight excluding hydrogens is 308 g/mol. The van der Waals surface area contributed by atoms with Crippen molar-refractivity contribution in [1.82, 2.24) is 4.98 Å². The fourth-order valence-electron chi connectivity index (χ4n) is 2.33. The molecule has 2 aromatic carbocycles. The highest BCUT2D eigenvalue weighted by Crippen LogP contribution is 2.19. The van der Waals surface area contributed by atoms with Gasteiger partial charge >= 0.3 is 5.97 Å². The number of amides is 1. The smallest absolute Gasteiger partial charge is 0.340 e. The summed E-state index contributed by atoms with van der Waals surface area (Å²) in [6.07, 6.45) is 1.26. The molecule has 0 atom stereocenters. The van der Waals surface area contributed by atoms with Gasteiger partial charge in [-0.15, -0.1) is 0 Å². The van der Waals surface area contributed by atoms with Crippen LogP contribution >= 0.6 is 0 Å². The van der Waals surface area contributed by atoms with Crippen LogP contribution in [0.4, 0.5) is 5.69 Å². The van der Waals surface area contributed by atoms with Crippen LogP contribution in [-0.4, -0.2) is 23.5 Å². The maximum Gasteiger partial charge on any atom is 0.340 e. The van der Waals surface area contributed by atoms with Crippen molar-refractivity contribution in [2.45, 2.75) is 13.8 Å². The first-order chi connectivity index (χ1) is 11.6. The summed E-state index contributed by atoms with van der Waals surface area (Å²) < 4.78 is 10.2. The Labute approximate surface area is 138 Å². The van der Waals surface area contributed by atoms with Crippen molar-refractivity contribution in [1.29, 1.82) is 0 Å². The maximum atomic E-state index is 12.2. The number of aromatic nitrogens is 1. The number of hydrogen-bond donors (Lipinski definition) is 1. The van der Waals surface area contributed by atoms with E-state index in [1.54, 1.807) is 24.3 Å². The van der Waals surface area contributed by atoms with Gasteiger partial charge in [0, 0.05) is 5.69 Å². The molecule has 0 bridgehead atoms. The minimum atomic E-state index is -0.620. The van der Waals surface area contributed by atoms with E-state index in [9.17, 15) is 9.59 Å². The monoisotopic (exact) mass is 324 g/mol. The standard InChI is InChI=1S/C18H16N2O4/c1-11-5-3-7-14(12(11)2)20-16(21)9-23-18(22)13-6-4-8-15-17(13)19-10-24-15/h3-8,10H,9H2,1-2H3,(H,20,21). The van der Waals surface area contributed by atoms with Crippen LogP contribution in [0, 0.1) is 13.8 Å². The maximum absolute atomic E-state index is 12.2. The van der Waals surface area contributed by atoms with Gasteiger partial charge in [-0.05, 0) is 43.2 Å². The van der Waals surface area contributed by atoms with Crippen molar-refractivity contribution < 1.29 is 18.7 Å². The minimum Gasteiger partial charge on any atom is -0.452 e. The molecule has 1 amide bonds. The predicted molar refractivity (Wildman–Crippen MR) is 88.8 cm³/mol. The molecule has 1 aromatic heterocycles. The molecule has 0 aliphatic carbocycles. The normalized spacial score (nSPS) is 10.6. The highest BCUT2D eigenvalue weighted by atomic mass is 16.5. The number of carbonyl (C=O) groups excluding carboxylic acids is 2. The summed E-state index contributed by atoms with van der Waals surface area (Å²) in [5.74, 6) is -1.02. The lowest BCUT2D eigenvalue weighted by molar-refractivity contribution is -0.119. The average Bonchev–Trinajstić information content (AvgIpc) is 3.05. The molecule has 1 heterocycles. The van der Waals surface area contributed by atoms with Gasteiger partial charge < -0.3 is 14.5 Å². The molecule has 24 heavy (non-hydrogen) atoms. The van der Waals surface area contributed by atoms with E-state index < -0.39 is 11.9 Å². The predicted octanol–water partition coefficient (Wildman–Crippen LogP) is 3.24. The number of nitrogens with zero attached hydrogens (tertiary/aromatic N) is 1. The number of para-hydroxylation sites is 1. The zero-order chi connectivity index (χ0) is 17.1.